The van der Waals surface area contributed by atoms with Crippen molar-refractivity contribution in [2.75, 3.05) is 13.2 Å². The lowest BCUT2D eigenvalue weighted by molar-refractivity contribution is -0.139. The first kappa shape index (κ1) is 15.3. The molecule has 1 aromatic carbocycles. The lowest BCUT2D eigenvalue weighted by atomic mass is 10.1. The SMILES string of the molecule is Cc1cccc(CCCOC(=O)C2=Cc3ccccc3OC2)n1. The monoisotopic (exact) mass is 309 g/mol. The topological polar surface area (TPSA) is 48.4 Å². The van der Waals surface area contributed by atoms with Crippen LogP contribution in [0.1, 0.15) is 23.4 Å². The van der Waals surface area contributed by atoms with Crippen LogP contribution in [0.5, 0.6) is 5.75 Å². The molecule has 118 valence electrons. The van der Waals surface area contributed by atoms with E-state index in [1.165, 1.54) is 0 Å². The Labute approximate surface area is 135 Å². The fraction of sp³-hybridized carbons (Fsp3) is 0.263. The summed E-state index contributed by atoms with van der Waals surface area (Å²) in [5, 5.41) is 0. The second-order valence-electron chi connectivity index (χ2n) is 5.51. The predicted octanol–water partition coefficient (Wildman–Crippen LogP) is 3.34. The molecule has 2 aromatic rings. The van der Waals surface area contributed by atoms with Gasteiger partial charge < -0.3 is 9.47 Å². The van der Waals surface area contributed by atoms with E-state index in [1.807, 2.05) is 55.5 Å². The molecule has 4 heteroatoms. The summed E-state index contributed by atoms with van der Waals surface area (Å²) in [6.07, 6.45) is 3.39. The zero-order valence-corrected chi connectivity index (χ0v) is 13.1. The highest BCUT2D eigenvalue weighted by Gasteiger charge is 2.17. The van der Waals surface area contributed by atoms with Gasteiger partial charge in [-0.25, -0.2) is 4.79 Å². The number of para-hydroxylation sites is 1. The summed E-state index contributed by atoms with van der Waals surface area (Å²) in [4.78, 5) is 16.5. The molecule has 3 rings (SSSR count). The van der Waals surface area contributed by atoms with Crippen LogP contribution in [-0.2, 0) is 16.0 Å². The van der Waals surface area contributed by atoms with Gasteiger partial charge >= 0.3 is 5.97 Å². The number of rotatable bonds is 5. The largest absolute Gasteiger partial charge is 0.488 e. The number of pyridine rings is 1. The van der Waals surface area contributed by atoms with Gasteiger partial charge in [0.05, 0.1) is 12.2 Å². The molecule has 0 amide bonds. The van der Waals surface area contributed by atoms with Crippen molar-refractivity contribution >= 4 is 12.0 Å². The second kappa shape index (κ2) is 7.09. The maximum atomic E-state index is 12.1. The molecule has 1 aliphatic rings. The molecular weight excluding hydrogens is 290 g/mol. The number of fused-ring (bicyclic) bond motifs is 1. The molecule has 4 nitrogen and oxygen atoms in total. The van der Waals surface area contributed by atoms with Gasteiger partial charge in [0.15, 0.2) is 0 Å². The van der Waals surface area contributed by atoms with Crippen LogP contribution in [0.15, 0.2) is 48.0 Å². The third-order valence-corrected chi connectivity index (χ3v) is 3.65. The summed E-state index contributed by atoms with van der Waals surface area (Å²) in [7, 11) is 0. The van der Waals surface area contributed by atoms with Gasteiger partial charge in [0.25, 0.3) is 0 Å². The molecule has 0 saturated carbocycles. The van der Waals surface area contributed by atoms with Crippen molar-refractivity contribution in [2.24, 2.45) is 0 Å². The van der Waals surface area contributed by atoms with Crippen molar-refractivity contribution in [1.29, 1.82) is 0 Å². The first-order chi connectivity index (χ1) is 11.2. The molecule has 1 aromatic heterocycles. The van der Waals surface area contributed by atoms with Crippen LogP contribution in [-0.4, -0.2) is 24.2 Å². The first-order valence-electron chi connectivity index (χ1n) is 7.74. The number of carbonyl (C=O) groups is 1. The van der Waals surface area contributed by atoms with E-state index in [1.54, 1.807) is 0 Å². The van der Waals surface area contributed by atoms with E-state index >= 15 is 0 Å². The number of aromatic nitrogens is 1. The Bertz CT molecular complexity index is 737. The highest BCUT2D eigenvalue weighted by atomic mass is 16.5. The van der Waals surface area contributed by atoms with Crippen LogP contribution in [0, 0.1) is 6.92 Å². The van der Waals surface area contributed by atoms with Crippen LogP contribution >= 0.6 is 0 Å². The minimum atomic E-state index is -0.309. The molecule has 2 heterocycles. The van der Waals surface area contributed by atoms with Crippen LogP contribution in [0.25, 0.3) is 6.08 Å². The molecule has 0 radical (unpaired) electrons. The van der Waals surface area contributed by atoms with Crippen molar-refractivity contribution in [3.8, 4) is 5.75 Å². The van der Waals surface area contributed by atoms with Crippen molar-refractivity contribution in [3.05, 3.63) is 65.0 Å². The Morgan fingerprint density at radius 2 is 2.09 bits per heavy atom. The van der Waals surface area contributed by atoms with E-state index in [2.05, 4.69) is 4.98 Å². The van der Waals surface area contributed by atoms with E-state index in [-0.39, 0.29) is 12.6 Å². The molecule has 23 heavy (non-hydrogen) atoms. The number of nitrogens with zero attached hydrogens (tertiary/aromatic N) is 1. The van der Waals surface area contributed by atoms with Crippen LogP contribution in [0.3, 0.4) is 0 Å². The molecule has 0 atom stereocenters. The molecule has 0 spiro atoms. The first-order valence-corrected chi connectivity index (χ1v) is 7.74. The molecule has 0 fully saturated rings. The minimum absolute atomic E-state index is 0.259. The van der Waals surface area contributed by atoms with Crippen molar-refractivity contribution < 1.29 is 14.3 Å². The summed E-state index contributed by atoms with van der Waals surface area (Å²) in [5.74, 6) is 0.492. The molecule has 0 N–H and O–H groups in total. The number of benzene rings is 1. The number of esters is 1. The summed E-state index contributed by atoms with van der Waals surface area (Å²) in [6, 6.07) is 13.6. The van der Waals surface area contributed by atoms with E-state index in [4.69, 9.17) is 9.47 Å². The van der Waals surface area contributed by atoms with Gasteiger partial charge in [-0.2, -0.15) is 0 Å². The van der Waals surface area contributed by atoms with E-state index < -0.39 is 0 Å². The lowest BCUT2D eigenvalue weighted by Crippen LogP contribution is -2.17. The Morgan fingerprint density at radius 3 is 2.96 bits per heavy atom. The Hall–Kier alpha value is -2.62. The summed E-state index contributed by atoms with van der Waals surface area (Å²) in [5.41, 5.74) is 3.49. The van der Waals surface area contributed by atoms with Crippen LogP contribution < -0.4 is 4.74 Å². The third kappa shape index (κ3) is 3.97. The van der Waals surface area contributed by atoms with E-state index in [0.29, 0.717) is 12.2 Å². The van der Waals surface area contributed by atoms with Gasteiger partial charge in [0.1, 0.15) is 12.4 Å². The quantitative estimate of drug-likeness (QED) is 0.628. The predicted molar refractivity (Wildman–Crippen MR) is 88.2 cm³/mol. The van der Waals surface area contributed by atoms with Gasteiger partial charge in [0.2, 0.25) is 0 Å². The molecular formula is C19H19NO3. The fourth-order valence-corrected chi connectivity index (χ4v) is 2.48. The molecule has 0 bridgehead atoms. The number of carbonyl (C=O) groups excluding carboxylic acids is 1. The van der Waals surface area contributed by atoms with Crippen molar-refractivity contribution in [1.82, 2.24) is 4.98 Å². The molecule has 0 unspecified atom stereocenters. The average molecular weight is 309 g/mol. The fourth-order valence-electron chi connectivity index (χ4n) is 2.48. The standard InChI is InChI=1S/C19H19NO3/c1-14-6-4-8-17(20-14)9-5-11-22-19(21)16-12-15-7-2-3-10-18(15)23-13-16/h2-4,6-8,10,12H,5,9,11,13H2,1H3. The summed E-state index contributed by atoms with van der Waals surface area (Å²) < 4.78 is 10.9. The van der Waals surface area contributed by atoms with E-state index in [0.717, 1.165) is 35.5 Å². The number of hydrogen-bond donors (Lipinski definition) is 0. The Balaban J connectivity index is 1.50. The van der Waals surface area contributed by atoms with Gasteiger partial charge in [-0.3, -0.25) is 4.98 Å². The maximum absolute atomic E-state index is 12.1. The van der Waals surface area contributed by atoms with Gasteiger partial charge in [-0.05, 0) is 44.0 Å². The zero-order chi connectivity index (χ0) is 16.1. The Kier molecular flexibility index (Phi) is 4.71. The normalized spacial score (nSPS) is 12.8. The van der Waals surface area contributed by atoms with Gasteiger partial charge in [0, 0.05) is 17.0 Å². The van der Waals surface area contributed by atoms with Gasteiger partial charge in [-0.15, -0.1) is 0 Å². The van der Waals surface area contributed by atoms with Crippen LogP contribution in [0.2, 0.25) is 0 Å². The van der Waals surface area contributed by atoms with Gasteiger partial charge in [-0.1, -0.05) is 24.3 Å². The highest BCUT2D eigenvalue weighted by molar-refractivity contribution is 5.95. The minimum Gasteiger partial charge on any atom is -0.488 e. The van der Waals surface area contributed by atoms with Crippen molar-refractivity contribution in [3.63, 3.8) is 0 Å². The second-order valence-corrected chi connectivity index (χ2v) is 5.51. The smallest absolute Gasteiger partial charge is 0.337 e. The highest BCUT2D eigenvalue weighted by Crippen LogP contribution is 2.26. The summed E-state index contributed by atoms with van der Waals surface area (Å²) >= 11 is 0. The third-order valence-electron chi connectivity index (χ3n) is 3.65. The Morgan fingerprint density at radius 1 is 1.22 bits per heavy atom. The maximum Gasteiger partial charge on any atom is 0.337 e. The summed E-state index contributed by atoms with van der Waals surface area (Å²) in [6.45, 7) is 2.61. The molecule has 0 aliphatic carbocycles. The van der Waals surface area contributed by atoms with Crippen molar-refractivity contribution in [2.45, 2.75) is 19.8 Å². The average Bonchev–Trinajstić information content (AvgIpc) is 2.58. The number of aryl methyl sites for hydroxylation is 2. The molecule has 0 saturated heterocycles. The lowest BCUT2D eigenvalue weighted by Gasteiger charge is -2.16. The van der Waals surface area contributed by atoms with E-state index in [9.17, 15) is 4.79 Å². The number of ether oxygens (including phenoxy) is 2. The number of hydrogen-bond acceptors (Lipinski definition) is 4. The molecule has 1 aliphatic heterocycles. The van der Waals surface area contributed by atoms with Crippen LogP contribution in [0.4, 0.5) is 0 Å². The zero-order valence-electron chi connectivity index (χ0n) is 13.1.